The summed E-state index contributed by atoms with van der Waals surface area (Å²) >= 11 is 0. The standard InChI is InChI=1S/C28H40N8O5/c1-16(2)24(36-25(37)20(30)12-18-14-31-15-33-18)27(39)35-23(11-17-13-32-21-8-4-3-7-19(17)21)26(38)34-22(28(40)41)9-5-6-10-29/h3-4,7-8,13-16,20,22-24,32H,5-6,9-12,29-30H2,1-2H3,(H,31,33)(H,34,38)(H,35,39)(H,36,37)(H,40,41). The van der Waals surface area contributed by atoms with E-state index >= 15 is 0 Å². The fourth-order valence-corrected chi connectivity index (χ4v) is 4.53. The van der Waals surface area contributed by atoms with Gasteiger partial charge in [0.15, 0.2) is 0 Å². The normalized spacial score (nSPS) is 14.3. The third kappa shape index (κ3) is 8.88. The molecule has 4 atom stereocenters. The molecule has 0 fully saturated rings. The first-order chi connectivity index (χ1) is 19.6. The van der Waals surface area contributed by atoms with Crippen molar-refractivity contribution in [3.05, 3.63) is 54.2 Å². The summed E-state index contributed by atoms with van der Waals surface area (Å²) in [5, 5.41) is 18.6. The molecule has 0 radical (unpaired) electrons. The van der Waals surface area contributed by atoms with Gasteiger partial charge in [-0.1, -0.05) is 32.0 Å². The van der Waals surface area contributed by atoms with Crippen LogP contribution in [0.1, 0.15) is 44.4 Å². The van der Waals surface area contributed by atoms with E-state index in [0.29, 0.717) is 25.1 Å². The number of nitrogens with zero attached hydrogens (tertiary/aromatic N) is 1. The van der Waals surface area contributed by atoms with E-state index in [4.69, 9.17) is 11.5 Å². The van der Waals surface area contributed by atoms with E-state index in [1.807, 2.05) is 24.3 Å². The lowest BCUT2D eigenvalue weighted by molar-refractivity contribution is -0.142. The van der Waals surface area contributed by atoms with Crippen LogP contribution in [0, 0.1) is 5.92 Å². The van der Waals surface area contributed by atoms with Crippen LogP contribution in [0.15, 0.2) is 43.0 Å². The van der Waals surface area contributed by atoms with Crippen LogP contribution in [0.3, 0.4) is 0 Å². The average molecular weight is 569 g/mol. The number of hydrogen-bond donors (Lipinski definition) is 8. The smallest absolute Gasteiger partial charge is 0.326 e. The summed E-state index contributed by atoms with van der Waals surface area (Å²) in [6, 6.07) is 3.34. The van der Waals surface area contributed by atoms with Crippen LogP contribution in [0.4, 0.5) is 0 Å². The second-order valence-corrected chi connectivity index (χ2v) is 10.4. The van der Waals surface area contributed by atoms with Crippen LogP contribution in [0.5, 0.6) is 0 Å². The van der Waals surface area contributed by atoms with E-state index in [2.05, 4.69) is 30.9 Å². The molecule has 0 bridgehead atoms. The molecule has 1 aromatic carbocycles. The lowest BCUT2D eigenvalue weighted by Gasteiger charge is -2.27. The number of carboxylic acids is 1. The number of carboxylic acid groups (broad SMARTS) is 1. The van der Waals surface area contributed by atoms with Gasteiger partial charge in [-0.25, -0.2) is 9.78 Å². The Morgan fingerprint density at radius 2 is 1.68 bits per heavy atom. The second kappa shape index (κ2) is 15.0. The number of aromatic nitrogens is 3. The molecule has 10 N–H and O–H groups in total. The molecule has 2 heterocycles. The third-order valence-corrected chi connectivity index (χ3v) is 6.87. The third-order valence-electron chi connectivity index (χ3n) is 6.87. The van der Waals surface area contributed by atoms with Gasteiger partial charge in [0.1, 0.15) is 18.1 Å². The predicted molar refractivity (Wildman–Crippen MR) is 153 cm³/mol. The molecule has 13 nitrogen and oxygen atoms in total. The van der Waals surface area contributed by atoms with Crippen molar-refractivity contribution in [3.8, 4) is 0 Å². The summed E-state index contributed by atoms with van der Waals surface area (Å²) in [6.07, 6.45) is 6.43. The number of carbonyl (C=O) groups is 4. The first-order valence-corrected chi connectivity index (χ1v) is 13.7. The van der Waals surface area contributed by atoms with E-state index in [1.54, 1.807) is 26.2 Å². The van der Waals surface area contributed by atoms with Gasteiger partial charge in [0.05, 0.1) is 12.4 Å². The highest BCUT2D eigenvalue weighted by Crippen LogP contribution is 2.19. The number of H-pyrrole nitrogens is 2. The minimum Gasteiger partial charge on any atom is -0.480 e. The number of imidazole rings is 1. The Hall–Kier alpha value is -4.23. The van der Waals surface area contributed by atoms with Gasteiger partial charge in [-0.2, -0.15) is 0 Å². The molecule has 41 heavy (non-hydrogen) atoms. The molecule has 0 aliphatic carbocycles. The zero-order valence-electron chi connectivity index (χ0n) is 23.4. The van der Waals surface area contributed by atoms with Crippen molar-refractivity contribution >= 4 is 34.6 Å². The van der Waals surface area contributed by atoms with Crippen molar-refractivity contribution in [2.45, 2.75) is 70.1 Å². The van der Waals surface area contributed by atoms with Crippen LogP contribution >= 0.6 is 0 Å². The van der Waals surface area contributed by atoms with Gasteiger partial charge in [0.25, 0.3) is 0 Å². The number of para-hydroxylation sites is 1. The van der Waals surface area contributed by atoms with Gasteiger partial charge in [-0.3, -0.25) is 14.4 Å². The van der Waals surface area contributed by atoms with Gasteiger partial charge in [0.2, 0.25) is 17.7 Å². The molecule has 0 saturated carbocycles. The highest BCUT2D eigenvalue weighted by Gasteiger charge is 2.32. The number of amides is 3. The fraction of sp³-hybridized carbons (Fsp3) is 0.464. The fourth-order valence-electron chi connectivity index (χ4n) is 4.53. The molecule has 0 aliphatic rings. The van der Waals surface area contributed by atoms with Gasteiger partial charge in [-0.05, 0) is 43.4 Å². The lowest BCUT2D eigenvalue weighted by Crippen LogP contribution is -2.59. The maximum atomic E-state index is 13.5. The number of aromatic amines is 2. The Morgan fingerprint density at radius 3 is 2.34 bits per heavy atom. The maximum Gasteiger partial charge on any atom is 0.326 e. The minimum atomic E-state index is -1.17. The number of nitrogens with one attached hydrogen (secondary N) is 5. The van der Waals surface area contributed by atoms with Crippen LogP contribution in [0.2, 0.25) is 0 Å². The van der Waals surface area contributed by atoms with E-state index in [0.717, 1.165) is 16.5 Å². The highest BCUT2D eigenvalue weighted by molar-refractivity contribution is 5.95. The Labute approximate surface area is 238 Å². The molecule has 3 amide bonds. The van der Waals surface area contributed by atoms with Crippen molar-refractivity contribution in [1.82, 2.24) is 30.9 Å². The van der Waals surface area contributed by atoms with E-state index < -0.39 is 47.9 Å². The Kier molecular flexibility index (Phi) is 11.4. The van der Waals surface area contributed by atoms with Crippen LogP contribution < -0.4 is 27.4 Å². The Morgan fingerprint density at radius 1 is 0.951 bits per heavy atom. The predicted octanol–water partition coefficient (Wildman–Crippen LogP) is 0.328. The van der Waals surface area contributed by atoms with Crippen LogP contribution in [-0.4, -0.2) is 74.5 Å². The average Bonchev–Trinajstić information content (AvgIpc) is 3.60. The van der Waals surface area contributed by atoms with Crippen molar-refractivity contribution in [2.75, 3.05) is 6.54 Å². The molecule has 13 heteroatoms. The molecule has 4 unspecified atom stereocenters. The topological polar surface area (TPSA) is 221 Å². The van der Waals surface area contributed by atoms with E-state index in [1.165, 1.54) is 6.33 Å². The highest BCUT2D eigenvalue weighted by atomic mass is 16.4. The summed E-state index contributed by atoms with van der Waals surface area (Å²) < 4.78 is 0. The number of carbonyl (C=O) groups excluding carboxylic acids is 3. The number of rotatable bonds is 16. The Bertz CT molecular complexity index is 1310. The van der Waals surface area contributed by atoms with Gasteiger partial charge < -0.3 is 42.5 Å². The number of unbranched alkanes of at least 4 members (excludes halogenated alkanes) is 1. The van der Waals surface area contributed by atoms with Gasteiger partial charge in [0, 0.05) is 41.8 Å². The van der Waals surface area contributed by atoms with Crippen molar-refractivity contribution in [1.29, 1.82) is 0 Å². The first kappa shape index (κ1) is 31.3. The first-order valence-electron chi connectivity index (χ1n) is 13.7. The van der Waals surface area contributed by atoms with E-state index in [-0.39, 0.29) is 25.2 Å². The zero-order chi connectivity index (χ0) is 29.9. The van der Waals surface area contributed by atoms with Crippen LogP contribution in [-0.2, 0) is 32.0 Å². The summed E-state index contributed by atoms with van der Waals surface area (Å²) in [4.78, 5) is 61.6. The lowest BCUT2D eigenvalue weighted by atomic mass is 9.99. The van der Waals surface area contributed by atoms with Crippen molar-refractivity contribution in [2.24, 2.45) is 17.4 Å². The molecule has 0 spiro atoms. The van der Waals surface area contributed by atoms with Crippen LogP contribution in [0.25, 0.3) is 10.9 Å². The van der Waals surface area contributed by atoms with E-state index in [9.17, 15) is 24.3 Å². The molecule has 3 aromatic rings. The minimum absolute atomic E-state index is 0.0921. The number of fused-ring (bicyclic) bond motifs is 1. The zero-order valence-corrected chi connectivity index (χ0v) is 23.4. The molecule has 2 aromatic heterocycles. The maximum absolute atomic E-state index is 13.5. The SMILES string of the molecule is CC(C)C(NC(=O)C(N)Cc1cnc[nH]1)C(=O)NC(Cc1c[nH]c2ccccc12)C(=O)NC(CCCCN)C(=O)O. The molecular weight excluding hydrogens is 528 g/mol. The summed E-state index contributed by atoms with van der Waals surface area (Å²) in [7, 11) is 0. The number of benzene rings is 1. The van der Waals surface area contributed by atoms with Gasteiger partial charge in [-0.15, -0.1) is 0 Å². The molecule has 0 aliphatic heterocycles. The molecule has 222 valence electrons. The summed E-state index contributed by atoms with van der Waals surface area (Å²) in [6.45, 7) is 3.93. The summed E-state index contributed by atoms with van der Waals surface area (Å²) in [5.74, 6) is -3.27. The van der Waals surface area contributed by atoms with Gasteiger partial charge >= 0.3 is 5.97 Å². The number of aliphatic carboxylic acids is 1. The Balaban J connectivity index is 1.79. The quantitative estimate of drug-likeness (QED) is 0.112. The monoisotopic (exact) mass is 568 g/mol. The molecular formula is C28H40N8O5. The molecule has 3 rings (SSSR count). The largest absolute Gasteiger partial charge is 0.480 e. The molecule has 0 saturated heterocycles. The summed E-state index contributed by atoms with van der Waals surface area (Å²) in [5.41, 5.74) is 13.9. The van der Waals surface area contributed by atoms with Crippen molar-refractivity contribution in [3.63, 3.8) is 0 Å². The number of nitrogens with two attached hydrogens (primary N) is 2. The second-order valence-electron chi connectivity index (χ2n) is 10.4. The van der Waals surface area contributed by atoms with Crippen molar-refractivity contribution < 1.29 is 24.3 Å². The number of hydrogen-bond acceptors (Lipinski definition) is 7.